The van der Waals surface area contributed by atoms with Crippen LogP contribution in [0.3, 0.4) is 0 Å². The van der Waals surface area contributed by atoms with E-state index in [1.807, 2.05) is 36.5 Å². The number of benzene rings is 1. The van der Waals surface area contributed by atoms with Crippen LogP contribution >= 0.6 is 0 Å². The lowest BCUT2D eigenvalue weighted by Crippen LogP contribution is -2.14. The van der Waals surface area contributed by atoms with E-state index >= 15 is 0 Å². The molecule has 0 radical (unpaired) electrons. The van der Waals surface area contributed by atoms with E-state index in [0.717, 1.165) is 33.4 Å². The van der Waals surface area contributed by atoms with E-state index in [9.17, 15) is 0 Å². The van der Waals surface area contributed by atoms with Gasteiger partial charge < -0.3 is 5.73 Å². The fourth-order valence-electron chi connectivity index (χ4n) is 2.50. The molecule has 6 nitrogen and oxygen atoms in total. The molecule has 0 amide bonds. The Balaban J connectivity index is 1.73. The quantitative estimate of drug-likeness (QED) is 0.606. The zero-order valence-corrected chi connectivity index (χ0v) is 12.2. The van der Waals surface area contributed by atoms with Crippen LogP contribution in [0.1, 0.15) is 17.3 Å². The lowest BCUT2D eigenvalue weighted by atomic mass is 10.1. The van der Waals surface area contributed by atoms with Crippen molar-refractivity contribution in [3.8, 4) is 11.1 Å². The van der Waals surface area contributed by atoms with Crippen molar-refractivity contribution in [2.45, 2.75) is 6.04 Å². The maximum atomic E-state index is 6.27. The summed E-state index contributed by atoms with van der Waals surface area (Å²) in [7, 11) is 0. The van der Waals surface area contributed by atoms with Gasteiger partial charge in [-0.1, -0.05) is 6.07 Å². The molecule has 1 atom stereocenters. The van der Waals surface area contributed by atoms with Crippen molar-refractivity contribution in [1.29, 1.82) is 0 Å². The molecule has 0 bridgehead atoms. The summed E-state index contributed by atoms with van der Waals surface area (Å²) in [5, 5.41) is 6.78. The van der Waals surface area contributed by atoms with Crippen LogP contribution in [-0.4, -0.2) is 25.1 Å². The molecule has 6 heteroatoms. The Labute approximate surface area is 132 Å². The van der Waals surface area contributed by atoms with E-state index in [1.165, 1.54) is 0 Å². The third kappa shape index (κ3) is 2.56. The minimum atomic E-state index is -0.316. The fraction of sp³-hybridized carbons (Fsp3) is 0.0588. The Bertz CT molecular complexity index is 934. The van der Waals surface area contributed by atoms with Crippen LogP contribution in [0.5, 0.6) is 0 Å². The van der Waals surface area contributed by atoms with Gasteiger partial charge in [-0.3, -0.25) is 15.1 Å². The second-order valence-electron chi connectivity index (χ2n) is 5.24. The lowest BCUT2D eigenvalue weighted by Gasteiger charge is -2.11. The molecule has 0 fully saturated rings. The van der Waals surface area contributed by atoms with E-state index in [-0.39, 0.29) is 6.04 Å². The molecule has 0 aliphatic carbocycles. The summed E-state index contributed by atoms with van der Waals surface area (Å²) in [6.07, 6.45) is 8.80. The van der Waals surface area contributed by atoms with Gasteiger partial charge in [-0.15, -0.1) is 0 Å². The summed E-state index contributed by atoms with van der Waals surface area (Å²) in [6.45, 7) is 0. The summed E-state index contributed by atoms with van der Waals surface area (Å²) < 4.78 is 0. The van der Waals surface area contributed by atoms with Crippen molar-refractivity contribution in [3.05, 3.63) is 72.6 Å². The van der Waals surface area contributed by atoms with E-state index in [1.54, 1.807) is 24.8 Å². The molecule has 4 rings (SSSR count). The predicted molar refractivity (Wildman–Crippen MR) is 87.4 cm³/mol. The van der Waals surface area contributed by atoms with Crippen LogP contribution in [0, 0.1) is 0 Å². The number of pyridine rings is 1. The molecular weight excluding hydrogens is 288 g/mol. The number of fused-ring (bicyclic) bond motifs is 1. The zero-order valence-electron chi connectivity index (χ0n) is 12.2. The second kappa shape index (κ2) is 5.58. The first kappa shape index (κ1) is 13.5. The lowest BCUT2D eigenvalue weighted by molar-refractivity contribution is 0.825. The van der Waals surface area contributed by atoms with Crippen LogP contribution < -0.4 is 5.73 Å². The Kier molecular flexibility index (Phi) is 3.29. The highest BCUT2D eigenvalue weighted by molar-refractivity contribution is 5.81. The van der Waals surface area contributed by atoms with Gasteiger partial charge in [-0.25, -0.2) is 4.98 Å². The third-order valence-corrected chi connectivity index (χ3v) is 3.78. The Morgan fingerprint density at radius 1 is 0.957 bits per heavy atom. The van der Waals surface area contributed by atoms with Crippen LogP contribution in [-0.2, 0) is 0 Å². The van der Waals surface area contributed by atoms with E-state index < -0.39 is 0 Å². The van der Waals surface area contributed by atoms with Crippen molar-refractivity contribution in [2.24, 2.45) is 5.73 Å². The molecule has 112 valence electrons. The number of aromatic nitrogens is 5. The molecule has 4 aromatic rings. The number of rotatable bonds is 3. The van der Waals surface area contributed by atoms with Gasteiger partial charge >= 0.3 is 0 Å². The Morgan fingerprint density at radius 3 is 2.61 bits per heavy atom. The molecule has 0 aliphatic heterocycles. The summed E-state index contributed by atoms with van der Waals surface area (Å²) in [5.41, 5.74) is 11.7. The molecule has 0 saturated carbocycles. The van der Waals surface area contributed by atoms with E-state index in [2.05, 4.69) is 25.1 Å². The van der Waals surface area contributed by atoms with Gasteiger partial charge in [0.15, 0.2) is 0 Å². The normalized spacial score (nSPS) is 12.4. The van der Waals surface area contributed by atoms with Crippen LogP contribution in [0.4, 0.5) is 0 Å². The van der Waals surface area contributed by atoms with E-state index in [4.69, 9.17) is 5.73 Å². The largest absolute Gasteiger partial charge is 0.319 e. The Hall–Kier alpha value is -3.12. The van der Waals surface area contributed by atoms with Crippen LogP contribution in [0.25, 0.3) is 22.2 Å². The average molecular weight is 302 g/mol. The number of aromatic amines is 1. The number of H-pyrrole nitrogens is 1. The maximum absolute atomic E-state index is 6.27. The summed E-state index contributed by atoms with van der Waals surface area (Å²) in [4.78, 5) is 13.2. The van der Waals surface area contributed by atoms with Crippen molar-refractivity contribution < 1.29 is 0 Å². The number of nitrogens with two attached hydrogens (primary N) is 1. The number of nitrogens with zero attached hydrogens (tertiary/aromatic N) is 4. The van der Waals surface area contributed by atoms with Gasteiger partial charge in [0, 0.05) is 24.2 Å². The highest BCUT2D eigenvalue weighted by Gasteiger charge is 2.12. The number of hydrogen-bond donors (Lipinski definition) is 2. The van der Waals surface area contributed by atoms with Gasteiger partial charge in [-0.2, -0.15) is 5.10 Å². The van der Waals surface area contributed by atoms with E-state index in [0.29, 0.717) is 0 Å². The topological polar surface area (TPSA) is 93.4 Å². The molecule has 1 unspecified atom stereocenters. The first-order valence-corrected chi connectivity index (χ1v) is 7.22. The highest BCUT2D eigenvalue weighted by atomic mass is 15.1. The first-order valence-electron chi connectivity index (χ1n) is 7.22. The van der Waals surface area contributed by atoms with Crippen molar-refractivity contribution in [1.82, 2.24) is 25.1 Å². The second-order valence-corrected chi connectivity index (χ2v) is 5.24. The summed E-state index contributed by atoms with van der Waals surface area (Å²) >= 11 is 0. The molecule has 3 N–H and O–H groups in total. The maximum Gasteiger partial charge on any atom is 0.0893 e. The van der Waals surface area contributed by atoms with Gasteiger partial charge in [0.1, 0.15) is 0 Å². The molecule has 3 heterocycles. The van der Waals surface area contributed by atoms with Gasteiger partial charge in [0.25, 0.3) is 0 Å². The Morgan fingerprint density at radius 2 is 1.83 bits per heavy atom. The zero-order chi connectivity index (χ0) is 15.6. The summed E-state index contributed by atoms with van der Waals surface area (Å²) in [5.74, 6) is 0. The standard InChI is InChI=1S/C17H14N6/c18-17(11-3-5-19-6-4-11)16-10-20-15-7-12(1-2-14(15)23-16)13-8-21-22-9-13/h1-10,17H,18H2,(H,21,22). The molecule has 0 saturated heterocycles. The van der Waals surface area contributed by atoms with Crippen molar-refractivity contribution in [3.63, 3.8) is 0 Å². The van der Waals surface area contributed by atoms with Gasteiger partial charge in [0.2, 0.25) is 0 Å². The highest BCUT2D eigenvalue weighted by Crippen LogP contribution is 2.23. The summed E-state index contributed by atoms with van der Waals surface area (Å²) in [6, 6.07) is 9.41. The molecule has 0 aliphatic rings. The minimum absolute atomic E-state index is 0.316. The minimum Gasteiger partial charge on any atom is -0.319 e. The fourth-order valence-corrected chi connectivity index (χ4v) is 2.50. The van der Waals surface area contributed by atoms with Crippen LogP contribution in [0.15, 0.2) is 61.3 Å². The smallest absolute Gasteiger partial charge is 0.0893 e. The van der Waals surface area contributed by atoms with Crippen molar-refractivity contribution in [2.75, 3.05) is 0 Å². The molecular formula is C17H14N6. The van der Waals surface area contributed by atoms with Crippen molar-refractivity contribution >= 4 is 11.0 Å². The molecule has 3 aromatic heterocycles. The number of nitrogens with one attached hydrogen (secondary N) is 1. The molecule has 0 spiro atoms. The molecule has 1 aromatic carbocycles. The average Bonchev–Trinajstić information content (AvgIpc) is 3.15. The van der Waals surface area contributed by atoms with Gasteiger partial charge in [0.05, 0.1) is 35.2 Å². The monoisotopic (exact) mass is 302 g/mol. The first-order chi connectivity index (χ1) is 11.3. The van der Waals surface area contributed by atoms with Crippen LogP contribution in [0.2, 0.25) is 0 Å². The molecule has 23 heavy (non-hydrogen) atoms. The number of hydrogen-bond acceptors (Lipinski definition) is 5. The third-order valence-electron chi connectivity index (χ3n) is 3.78. The SMILES string of the molecule is NC(c1ccncc1)c1cnc2cc(-c3cn[nH]c3)ccc2n1. The predicted octanol–water partition coefficient (Wildman–Crippen LogP) is 2.46. The van der Waals surface area contributed by atoms with Gasteiger partial charge in [-0.05, 0) is 35.4 Å².